The summed E-state index contributed by atoms with van der Waals surface area (Å²) in [7, 11) is 0. The zero-order valence-corrected chi connectivity index (χ0v) is 14.4. The van der Waals surface area contributed by atoms with Gasteiger partial charge in [0.15, 0.2) is 0 Å². The minimum Gasteiger partial charge on any atom is 1.00 e. The van der Waals surface area contributed by atoms with Gasteiger partial charge in [-0.25, -0.2) is 0 Å². The van der Waals surface area contributed by atoms with Gasteiger partial charge in [0.1, 0.15) is 0 Å². The molecule has 0 rings (SSSR count). The van der Waals surface area contributed by atoms with E-state index in [-0.39, 0.29) is 56.8 Å². The Kier molecular flexibility index (Phi) is 12.3. The van der Waals surface area contributed by atoms with E-state index in [0.717, 1.165) is 23.0 Å². The summed E-state index contributed by atoms with van der Waals surface area (Å²) in [5.41, 5.74) is -0.0272. The molecule has 0 aliphatic heterocycles. The van der Waals surface area contributed by atoms with Crippen molar-refractivity contribution in [2.24, 2.45) is 5.41 Å². The van der Waals surface area contributed by atoms with Crippen molar-refractivity contribution in [1.82, 2.24) is 0 Å². The molecular formula is C11H15KSSe. The minimum atomic E-state index is -0.0272. The first kappa shape index (κ1) is 17.8. The van der Waals surface area contributed by atoms with E-state index in [1.807, 2.05) is 18.2 Å². The maximum atomic E-state index is 5.23. The van der Waals surface area contributed by atoms with Gasteiger partial charge in [-0.1, -0.05) is 0 Å². The predicted molar refractivity (Wildman–Crippen MR) is 65.2 cm³/mol. The molecule has 0 aromatic heterocycles. The molecule has 0 spiro atoms. The fraction of sp³-hybridized carbons (Fsp3) is 0.364. The van der Waals surface area contributed by atoms with Gasteiger partial charge in [-0.05, 0) is 0 Å². The third-order valence-corrected chi connectivity index (χ3v) is 3.38. The Balaban J connectivity index is 0. The molecule has 0 radical (unpaired) electrons. The van der Waals surface area contributed by atoms with Crippen LogP contribution in [-0.4, -0.2) is 19.8 Å². The number of allylic oxidation sites excluding steroid dienone is 3. The monoisotopic (exact) mass is 298 g/mol. The Morgan fingerprint density at radius 3 is 1.50 bits per heavy atom. The van der Waals surface area contributed by atoms with Crippen LogP contribution in [0.25, 0.3) is 0 Å². The Bertz CT molecular complexity index is 197. The summed E-state index contributed by atoms with van der Waals surface area (Å²) >= 11 is 8.15. The van der Waals surface area contributed by atoms with Gasteiger partial charge in [-0.15, -0.1) is 0 Å². The standard InChI is InChI=1S/C11H16SSe.K/c1-4-7-11(8-5-2,9-6-3)10(12)13;/h4-6H,1-3,7-9H2,(H,12,13);/q;+1/p-1. The molecule has 0 unspecified atom stereocenters. The van der Waals surface area contributed by atoms with Gasteiger partial charge in [0.25, 0.3) is 0 Å². The molecule has 0 fully saturated rings. The third-order valence-electron chi connectivity index (χ3n) is 2.04. The summed E-state index contributed by atoms with van der Waals surface area (Å²) in [6.07, 6.45) is 8.31. The maximum Gasteiger partial charge on any atom is 1.00 e. The van der Waals surface area contributed by atoms with Crippen molar-refractivity contribution in [1.29, 1.82) is 0 Å². The Hall–Kier alpha value is 1.47. The molecule has 0 amide bonds. The second-order valence-corrected chi connectivity index (χ2v) is 4.89. The maximum absolute atomic E-state index is 5.23. The van der Waals surface area contributed by atoms with Gasteiger partial charge in [0.05, 0.1) is 0 Å². The van der Waals surface area contributed by atoms with Crippen molar-refractivity contribution in [2.45, 2.75) is 19.3 Å². The van der Waals surface area contributed by atoms with Crippen molar-refractivity contribution in [3.63, 3.8) is 0 Å². The number of rotatable bonds is 7. The van der Waals surface area contributed by atoms with Crippen LogP contribution in [0, 0.1) is 5.41 Å². The molecule has 0 nitrogen and oxygen atoms in total. The van der Waals surface area contributed by atoms with Gasteiger partial charge < -0.3 is 0 Å². The first-order valence-electron chi connectivity index (χ1n) is 4.17. The van der Waals surface area contributed by atoms with Crippen LogP contribution in [0.15, 0.2) is 38.0 Å². The molecule has 0 aliphatic rings. The van der Waals surface area contributed by atoms with Crippen LogP contribution in [-0.2, 0) is 0 Å². The van der Waals surface area contributed by atoms with Crippen LogP contribution in [0.1, 0.15) is 19.3 Å². The fourth-order valence-corrected chi connectivity index (χ4v) is 2.10. The second kappa shape index (κ2) is 9.67. The smallest absolute Gasteiger partial charge is 1.00 e. The average molecular weight is 297 g/mol. The predicted octanol–water partition coefficient (Wildman–Crippen LogP) is 0.201. The largest absolute Gasteiger partial charge is 1.00 e. The van der Waals surface area contributed by atoms with Gasteiger partial charge in [0, 0.05) is 0 Å². The van der Waals surface area contributed by atoms with Crippen molar-refractivity contribution in [3.05, 3.63) is 38.0 Å². The van der Waals surface area contributed by atoms with E-state index in [2.05, 4.69) is 35.7 Å². The van der Waals surface area contributed by atoms with Gasteiger partial charge in [-0.3, -0.25) is 0 Å². The molecule has 0 saturated heterocycles. The van der Waals surface area contributed by atoms with Crippen LogP contribution in [0.5, 0.6) is 0 Å². The molecule has 0 N–H and O–H groups in total. The van der Waals surface area contributed by atoms with Crippen LogP contribution in [0.4, 0.5) is 0 Å². The Morgan fingerprint density at radius 2 is 1.36 bits per heavy atom. The summed E-state index contributed by atoms with van der Waals surface area (Å²) < 4.78 is 0.896. The molecule has 0 aromatic rings. The molecule has 0 saturated carbocycles. The van der Waals surface area contributed by atoms with Crippen molar-refractivity contribution in [3.8, 4) is 0 Å². The van der Waals surface area contributed by atoms with Crippen molar-refractivity contribution < 1.29 is 51.4 Å². The zero-order valence-electron chi connectivity index (χ0n) is 8.79. The molecule has 72 valence electrons. The summed E-state index contributed by atoms with van der Waals surface area (Å²) in [6.45, 7) is 11.3. The molecule has 0 bridgehead atoms. The summed E-state index contributed by atoms with van der Waals surface area (Å²) in [4.78, 5) is 0. The van der Waals surface area contributed by atoms with Crippen LogP contribution in [0.2, 0.25) is 0 Å². The average Bonchev–Trinajstić information content (AvgIpc) is 2.05. The van der Waals surface area contributed by atoms with E-state index in [0.29, 0.717) is 0 Å². The van der Waals surface area contributed by atoms with E-state index < -0.39 is 0 Å². The number of hydrogen-bond donors (Lipinski definition) is 0. The Morgan fingerprint density at radius 1 is 1.07 bits per heavy atom. The zero-order chi connectivity index (χ0) is 10.3. The third kappa shape index (κ3) is 5.52. The molecule has 0 aliphatic carbocycles. The van der Waals surface area contributed by atoms with E-state index in [4.69, 9.17) is 12.2 Å². The molecule has 0 heterocycles. The molecule has 0 aromatic carbocycles. The van der Waals surface area contributed by atoms with Crippen LogP contribution < -0.4 is 51.4 Å². The van der Waals surface area contributed by atoms with Gasteiger partial charge in [-0.2, -0.15) is 0 Å². The first-order valence-corrected chi connectivity index (χ1v) is 5.43. The minimum absolute atomic E-state index is 0. The molecule has 14 heavy (non-hydrogen) atoms. The SMILES string of the molecule is C=CCC(CC=C)(CC=C)C(=S)[Se-].[K+]. The van der Waals surface area contributed by atoms with E-state index >= 15 is 0 Å². The molecule has 0 atom stereocenters. The fourth-order valence-electron chi connectivity index (χ4n) is 1.33. The Labute approximate surface area is 144 Å². The van der Waals surface area contributed by atoms with Crippen LogP contribution in [0.3, 0.4) is 0 Å². The number of hydrogen-bond acceptors (Lipinski definition) is 1. The van der Waals surface area contributed by atoms with Gasteiger partial charge >= 0.3 is 146 Å². The summed E-state index contributed by atoms with van der Waals surface area (Å²) in [5, 5.41) is 0. The quantitative estimate of drug-likeness (QED) is 0.368. The summed E-state index contributed by atoms with van der Waals surface area (Å²) in [5.74, 6) is 0. The second-order valence-electron chi connectivity index (χ2n) is 3.05. The van der Waals surface area contributed by atoms with Crippen molar-refractivity contribution >= 4 is 32.0 Å². The number of thiocarbonyl (C=S) groups is 1. The summed E-state index contributed by atoms with van der Waals surface area (Å²) in [6, 6.07) is 0. The van der Waals surface area contributed by atoms with Crippen LogP contribution >= 0.6 is 12.2 Å². The van der Waals surface area contributed by atoms with Crippen molar-refractivity contribution in [2.75, 3.05) is 0 Å². The molecule has 3 heteroatoms. The van der Waals surface area contributed by atoms with E-state index in [1.54, 1.807) is 0 Å². The van der Waals surface area contributed by atoms with E-state index in [1.165, 1.54) is 0 Å². The van der Waals surface area contributed by atoms with Gasteiger partial charge in [0.2, 0.25) is 0 Å². The molecular weight excluding hydrogens is 282 g/mol. The topological polar surface area (TPSA) is 0 Å². The van der Waals surface area contributed by atoms with E-state index in [9.17, 15) is 0 Å². The normalized spacial score (nSPS) is 9.71. The first-order chi connectivity index (χ1) is 6.13.